The SMILES string of the molecule is O=C(O)c1ccc2[nH]nc(-c3ccc([N+](=O)[O-])cc3)c2c1. The van der Waals surface area contributed by atoms with Crippen molar-refractivity contribution in [1.29, 1.82) is 0 Å². The average molecular weight is 283 g/mol. The van der Waals surface area contributed by atoms with Crippen molar-refractivity contribution in [1.82, 2.24) is 10.2 Å². The van der Waals surface area contributed by atoms with Crippen LogP contribution in [0.2, 0.25) is 0 Å². The molecule has 0 aliphatic heterocycles. The van der Waals surface area contributed by atoms with E-state index in [9.17, 15) is 14.9 Å². The lowest BCUT2D eigenvalue weighted by atomic mass is 10.1. The Morgan fingerprint density at radius 3 is 2.52 bits per heavy atom. The zero-order valence-corrected chi connectivity index (χ0v) is 10.6. The van der Waals surface area contributed by atoms with Gasteiger partial charge in [-0.25, -0.2) is 4.79 Å². The summed E-state index contributed by atoms with van der Waals surface area (Å²) in [7, 11) is 0. The molecule has 0 radical (unpaired) electrons. The Morgan fingerprint density at radius 1 is 1.19 bits per heavy atom. The van der Waals surface area contributed by atoms with Crippen molar-refractivity contribution in [2.45, 2.75) is 0 Å². The fourth-order valence-corrected chi connectivity index (χ4v) is 2.11. The minimum atomic E-state index is -1.02. The maximum absolute atomic E-state index is 11.0. The first-order valence-corrected chi connectivity index (χ1v) is 6.02. The van der Waals surface area contributed by atoms with Crippen LogP contribution >= 0.6 is 0 Å². The molecule has 7 heteroatoms. The van der Waals surface area contributed by atoms with Crippen molar-refractivity contribution in [3.63, 3.8) is 0 Å². The topological polar surface area (TPSA) is 109 Å². The van der Waals surface area contributed by atoms with E-state index in [1.165, 1.54) is 24.3 Å². The summed E-state index contributed by atoms with van der Waals surface area (Å²) in [6.45, 7) is 0. The highest BCUT2D eigenvalue weighted by molar-refractivity contribution is 5.98. The minimum Gasteiger partial charge on any atom is -0.478 e. The number of nitro benzene ring substituents is 1. The van der Waals surface area contributed by atoms with E-state index in [0.717, 1.165) is 0 Å². The van der Waals surface area contributed by atoms with E-state index in [1.807, 2.05) is 0 Å². The van der Waals surface area contributed by atoms with Crippen LogP contribution in [0.4, 0.5) is 5.69 Å². The lowest BCUT2D eigenvalue weighted by molar-refractivity contribution is -0.384. The number of aromatic carboxylic acids is 1. The van der Waals surface area contributed by atoms with Crippen molar-refractivity contribution in [3.05, 3.63) is 58.1 Å². The Hall–Kier alpha value is -3.22. The maximum Gasteiger partial charge on any atom is 0.335 e. The van der Waals surface area contributed by atoms with Gasteiger partial charge < -0.3 is 5.11 Å². The predicted molar refractivity (Wildman–Crippen MR) is 75.1 cm³/mol. The van der Waals surface area contributed by atoms with Gasteiger partial charge in [-0.1, -0.05) is 0 Å². The summed E-state index contributed by atoms with van der Waals surface area (Å²) in [4.78, 5) is 21.2. The molecule has 0 aliphatic rings. The van der Waals surface area contributed by atoms with Crippen LogP contribution in [0.15, 0.2) is 42.5 Å². The molecule has 0 unspecified atom stereocenters. The highest BCUT2D eigenvalue weighted by atomic mass is 16.6. The quantitative estimate of drug-likeness (QED) is 0.567. The molecule has 0 fully saturated rings. The van der Waals surface area contributed by atoms with E-state index in [-0.39, 0.29) is 11.3 Å². The van der Waals surface area contributed by atoms with E-state index in [1.54, 1.807) is 18.2 Å². The van der Waals surface area contributed by atoms with Gasteiger partial charge >= 0.3 is 5.97 Å². The highest BCUT2D eigenvalue weighted by Gasteiger charge is 2.12. The summed E-state index contributed by atoms with van der Waals surface area (Å²) < 4.78 is 0. The van der Waals surface area contributed by atoms with Gasteiger partial charge in [0.25, 0.3) is 5.69 Å². The second-order valence-electron chi connectivity index (χ2n) is 4.44. The van der Waals surface area contributed by atoms with E-state index >= 15 is 0 Å². The molecule has 1 heterocycles. The highest BCUT2D eigenvalue weighted by Crippen LogP contribution is 2.28. The van der Waals surface area contributed by atoms with Crippen LogP contribution in [0.3, 0.4) is 0 Å². The number of fused-ring (bicyclic) bond motifs is 1. The van der Waals surface area contributed by atoms with Crippen LogP contribution in [-0.2, 0) is 0 Å². The van der Waals surface area contributed by atoms with Gasteiger partial charge in [-0.15, -0.1) is 0 Å². The van der Waals surface area contributed by atoms with Crippen molar-refractivity contribution >= 4 is 22.6 Å². The van der Waals surface area contributed by atoms with Crippen LogP contribution in [0.25, 0.3) is 22.2 Å². The van der Waals surface area contributed by atoms with Crippen molar-refractivity contribution in [3.8, 4) is 11.3 Å². The summed E-state index contributed by atoms with van der Waals surface area (Å²) in [6.07, 6.45) is 0. The Labute approximate surface area is 118 Å². The minimum absolute atomic E-state index is 0.00943. The van der Waals surface area contributed by atoms with Gasteiger partial charge in [0.05, 0.1) is 21.7 Å². The molecule has 0 bridgehead atoms. The molecule has 3 rings (SSSR count). The van der Waals surface area contributed by atoms with Gasteiger partial charge in [-0.3, -0.25) is 15.2 Å². The number of carboxylic acid groups (broad SMARTS) is 1. The fourth-order valence-electron chi connectivity index (χ4n) is 2.11. The molecule has 7 nitrogen and oxygen atoms in total. The molecule has 0 saturated heterocycles. The summed E-state index contributed by atoms with van der Waals surface area (Å²) in [5.41, 5.74) is 2.09. The number of carboxylic acids is 1. The fraction of sp³-hybridized carbons (Fsp3) is 0. The number of carbonyl (C=O) groups is 1. The normalized spacial score (nSPS) is 10.7. The molecule has 1 aromatic heterocycles. The monoisotopic (exact) mass is 283 g/mol. The molecule has 3 aromatic rings. The van der Waals surface area contributed by atoms with E-state index in [4.69, 9.17) is 5.11 Å². The third-order valence-corrected chi connectivity index (χ3v) is 3.16. The molecule has 0 aliphatic carbocycles. The van der Waals surface area contributed by atoms with Gasteiger partial charge in [0.2, 0.25) is 0 Å². The second-order valence-corrected chi connectivity index (χ2v) is 4.44. The predicted octanol–water partition coefficient (Wildman–Crippen LogP) is 2.84. The van der Waals surface area contributed by atoms with Gasteiger partial charge in [0, 0.05) is 23.1 Å². The van der Waals surface area contributed by atoms with Gasteiger partial charge in [0.1, 0.15) is 0 Å². The van der Waals surface area contributed by atoms with Crippen LogP contribution in [0, 0.1) is 10.1 Å². The second kappa shape index (κ2) is 4.71. The molecule has 104 valence electrons. The number of aromatic nitrogens is 2. The number of non-ortho nitro benzene ring substituents is 1. The summed E-state index contributed by atoms with van der Waals surface area (Å²) in [5, 5.41) is 27.3. The van der Waals surface area contributed by atoms with E-state index < -0.39 is 10.9 Å². The molecule has 2 N–H and O–H groups in total. The van der Waals surface area contributed by atoms with Crippen LogP contribution in [0.5, 0.6) is 0 Å². The van der Waals surface area contributed by atoms with Gasteiger partial charge in [0.15, 0.2) is 0 Å². The lowest BCUT2D eigenvalue weighted by Crippen LogP contribution is -1.95. The van der Waals surface area contributed by atoms with Crippen molar-refractivity contribution in [2.75, 3.05) is 0 Å². The first-order chi connectivity index (χ1) is 10.1. The molecule has 0 atom stereocenters. The Morgan fingerprint density at radius 2 is 1.90 bits per heavy atom. The van der Waals surface area contributed by atoms with Crippen LogP contribution < -0.4 is 0 Å². The number of H-pyrrole nitrogens is 1. The molecular weight excluding hydrogens is 274 g/mol. The van der Waals surface area contributed by atoms with E-state index in [2.05, 4.69) is 10.2 Å². The number of nitro groups is 1. The molecule has 0 spiro atoms. The summed E-state index contributed by atoms with van der Waals surface area (Å²) in [6, 6.07) is 10.6. The Bertz CT molecular complexity index is 852. The first-order valence-electron chi connectivity index (χ1n) is 6.02. The average Bonchev–Trinajstić information content (AvgIpc) is 2.90. The number of hydrogen-bond donors (Lipinski definition) is 2. The zero-order chi connectivity index (χ0) is 15.0. The number of benzene rings is 2. The number of hydrogen-bond acceptors (Lipinski definition) is 4. The molecule has 21 heavy (non-hydrogen) atoms. The number of nitrogens with zero attached hydrogens (tertiary/aromatic N) is 2. The third-order valence-electron chi connectivity index (χ3n) is 3.16. The van der Waals surface area contributed by atoms with Crippen LogP contribution in [0.1, 0.15) is 10.4 Å². The van der Waals surface area contributed by atoms with Gasteiger partial charge in [-0.05, 0) is 30.3 Å². The number of rotatable bonds is 3. The molecule has 0 saturated carbocycles. The Kier molecular flexibility index (Phi) is 2.87. The number of nitrogens with one attached hydrogen (secondary N) is 1. The molecule has 0 amide bonds. The molecule has 2 aromatic carbocycles. The summed E-state index contributed by atoms with van der Waals surface area (Å²) >= 11 is 0. The lowest BCUT2D eigenvalue weighted by Gasteiger charge is -1.99. The van der Waals surface area contributed by atoms with Crippen molar-refractivity contribution in [2.24, 2.45) is 0 Å². The maximum atomic E-state index is 11.0. The Balaban J connectivity index is 2.13. The largest absolute Gasteiger partial charge is 0.478 e. The standard InChI is InChI=1S/C14H9N3O4/c18-14(19)9-3-6-12-11(7-9)13(16-15-12)8-1-4-10(5-2-8)17(20)21/h1-7H,(H,15,16)(H,18,19). The third kappa shape index (κ3) is 2.20. The van der Waals surface area contributed by atoms with Crippen LogP contribution in [-0.4, -0.2) is 26.2 Å². The van der Waals surface area contributed by atoms with Crippen molar-refractivity contribution < 1.29 is 14.8 Å². The number of aromatic amines is 1. The first kappa shape index (κ1) is 12.8. The van der Waals surface area contributed by atoms with Gasteiger partial charge in [-0.2, -0.15) is 5.10 Å². The molecular formula is C14H9N3O4. The zero-order valence-electron chi connectivity index (χ0n) is 10.6. The smallest absolute Gasteiger partial charge is 0.335 e. The summed E-state index contributed by atoms with van der Waals surface area (Å²) in [5.74, 6) is -1.02. The van der Waals surface area contributed by atoms with E-state index in [0.29, 0.717) is 22.2 Å².